The minimum absolute atomic E-state index is 0.0414. The molecule has 0 aliphatic heterocycles. The van der Waals surface area contributed by atoms with Crippen LogP contribution in [0.2, 0.25) is 0 Å². The number of furan rings is 1. The Balaban J connectivity index is 1.75. The van der Waals surface area contributed by atoms with Crippen LogP contribution in [0.5, 0.6) is 0 Å². The van der Waals surface area contributed by atoms with Crippen molar-refractivity contribution in [2.45, 2.75) is 30.0 Å². The summed E-state index contributed by atoms with van der Waals surface area (Å²) in [4.78, 5) is 24.7. The Bertz CT molecular complexity index is 1150. The molecule has 1 amide bonds. The summed E-state index contributed by atoms with van der Waals surface area (Å²) in [7, 11) is -2.32. The number of carbonyl (C=O) groups is 2. The number of benzene rings is 2. The van der Waals surface area contributed by atoms with Gasteiger partial charge in [-0.1, -0.05) is 48.0 Å². The molecule has 3 aromatic rings. The van der Waals surface area contributed by atoms with E-state index in [-0.39, 0.29) is 28.6 Å². The first-order valence-electron chi connectivity index (χ1n) is 9.59. The zero-order valence-corrected chi connectivity index (χ0v) is 18.0. The third-order valence-corrected chi connectivity index (χ3v) is 6.36. The number of aryl methyl sites for hydroxylation is 1. The molecule has 1 atom stereocenters. The molecule has 162 valence electrons. The summed E-state index contributed by atoms with van der Waals surface area (Å²) >= 11 is 0. The summed E-state index contributed by atoms with van der Waals surface area (Å²) in [6, 6.07) is 17.7. The number of methoxy groups -OCH3 is 1. The lowest BCUT2D eigenvalue weighted by Gasteiger charge is -2.17. The fraction of sp³-hybridized carbons (Fsp3) is 0.217. The van der Waals surface area contributed by atoms with E-state index in [4.69, 9.17) is 9.15 Å². The fourth-order valence-corrected chi connectivity index (χ4v) is 4.27. The Labute approximate surface area is 181 Å². The number of hydrogen-bond donors (Lipinski definition) is 1. The van der Waals surface area contributed by atoms with Crippen LogP contribution >= 0.6 is 0 Å². The average Bonchev–Trinajstić information content (AvgIpc) is 3.22. The van der Waals surface area contributed by atoms with Crippen LogP contribution in [0.1, 0.15) is 39.9 Å². The van der Waals surface area contributed by atoms with Crippen LogP contribution in [0.25, 0.3) is 0 Å². The van der Waals surface area contributed by atoms with E-state index in [2.05, 4.69) is 5.32 Å². The van der Waals surface area contributed by atoms with E-state index in [1.54, 1.807) is 18.2 Å². The molecule has 2 aromatic carbocycles. The minimum atomic E-state index is -3.60. The quantitative estimate of drug-likeness (QED) is 0.536. The number of amides is 1. The van der Waals surface area contributed by atoms with Crippen molar-refractivity contribution in [3.63, 3.8) is 0 Å². The van der Waals surface area contributed by atoms with Crippen LogP contribution in [0.15, 0.2) is 76.0 Å². The molecule has 0 radical (unpaired) electrons. The van der Waals surface area contributed by atoms with Gasteiger partial charge in [-0.15, -0.1) is 0 Å². The van der Waals surface area contributed by atoms with Gasteiger partial charge in [0.25, 0.3) is 5.91 Å². The van der Waals surface area contributed by atoms with Crippen LogP contribution in [0, 0.1) is 6.92 Å². The van der Waals surface area contributed by atoms with E-state index < -0.39 is 27.8 Å². The van der Waals surface area contributed by atoms with Crippen molar-refractivity contribution in [3.8, 4) is 0 Å². The van der Waals surface area contributed by atoms with Crippen LogP contribution in [-0.4, -0.2) is 27.4 Å². The third kappa shape index (κ3) is 5.82. The van der Waals surface area contributed by atoms with Crippen molar-refractivity contribution in [2.24, 2.45) is 0 Å². The second kappa shape index (κ2) is 9.61. The van der Waals surface area contributed by atoms with Crippen LogP contribution in [0.3, 0.4) is 0 Å². The molecule has 0 fully saturated rings. The molecule has 0 bridgehead atoms. The topological polar surface area (TPSA) is 103 Å². The summed E-state index contributed by atoms with van der Waals surface area (Å²) in [6.45, 7) is 1.94. The summed E-state index contributed by atoms with van der Waals surface area (Å²) in [6.07, 6.45) is -0.0543. The maximum atomic E-state index is 12.7. The van der Waals surface area contributed by atoms with E-state index in [0.717, 1.165) is 11.1 Å². The van der Waals surface area contributed by atoms with Crippen molar-refractivity contribution in [3.05, 3.63) is 89.4 Å². The molecule has 0 saturated carbocycles. The highest BCUT2D eigenvalue weighted by Gasteiger charge is 2.23. The molecule has 1 heterocycles. The molecular weight excluding hydrogens is 418 g/mol. The number of carbonyl (C=O) groups excluding carboxylic acids is 2. The van der Waals surface area contributed by atoms with Gasteiger partial charge in [0.2, 0.25) is 0 Å². The second-order valence-corrected chi connectivity index (χ2v) is 9.04. The van der Waals surface area contributed by atoms with Gasteiger partial charge in [0.15, 0.2) is 15.6 Å². The highest BCUT2D eigenvalue weighted by Crippen LogP contribution is 2.21. The molecule has 1 aromatic heterocycles. The monoisotopic (exact) mass is 441 g/mol. The number of ether oxygens (including phenoxy) is 1. The summed E-state index contributed by atoms with van der Waals surface area (Å²) in [5, 5.41) is 2.76. The maximum absolute atomic E-state index is 12.7. The van der Waals surface area contributed by atoms with Crippen molar-refractivity contribution in [1.82, 2.24) is 5.32 Å². The lowest BCUT2D eigenvalue weighted by atomic mass is 10.0. The fourth-order valence-electron chi connectivity index (χ4n) is 3.01. The lowest BCUT2D eigenvalue weighted by Crippen LogP contribution is -2.30. The number of hydrogen-bond acceptors (Lipinski definition) is 6. The van der Waals surface area contributed by atoms with Crippen molar-refractivity contribution < 1.29 is 27.2 Å². The molecule has 7 nitrogen and oxygen atoms in total. The molecule has 31 heavy (non-hydrogen) atoms. The smallest absolute Gasteiger partial charge is 0.307 e. The predicted octanol–water partition coefficient (Wildman–Crippen LogP) is 3.60. The van der Waals surface area contributed by atoms with Crippen molar-refractivity contribution in [2.75, 3.05) is 7.11 Å². The Morgan fingerprint density at radius 1 is 1.00 bits per heavy atom. The normalized spacial score (nSPS) is 12.2. The molecule has 1 N–H and O–H groups in total. The lowest BCUT2D eigenvalue weighted by molar-refractivity contribution is -0.141. The maximum Gasteiger partial charge on any atom is 0.307 e. The number of nitrogens with one attached hydrogen (secondary N) is 1. The second-order valence-electron chi connectivity index (χ2n) is 7.06. The van der Waals surface area contributed by atoms with E-state index in [0.29, 0.717) is 0 Å². The molecule has 8 heteroatoms. The van der Waals surface area contributed by atoms with Crippen LogP contribution in [0.4, 0.5) is 0 Å². The Morgan fingerprint density at radius 3 is 2.32 bits per heavy atom. The van der Waals surface area contributed by atoms with Crippen molar-refractivity contribution >= 4 is 21.7 Å². The van der Waals surface area contributed by atoms with Gasteiger partial charge >= 0.3 is 5.97 Å². The van der Waals surface area contributed by atoms with E-state index >= 15 is 0 Å². The van der Waals surface area contributed by atoms with Crippen molar-refractivity contribution in [1.29, 1.82) is 0 Å². The van der Waals surface area contributed by atoms with Gasteiger partial charge in [0.1, 0.15) is 11.5 Å². The Hall–Kier alpha value is -3.39. The summed E-state index contributed by atoms with van der Waals surface area (Å²) < 4.78 is 35.2. The molecule has 3 rings (SSSR count). The third-order valence-electron chi connectivity index (χ3n) is 4.70. The summed E-state index contributed by atoms with van der Waals surface area (Å²) in [5.74, 6) is -1.29. The number of esters is 1. The highest BCUT2D eigenvalue weighted by atomic mass is 32.2. The first-order chi connectivity index (χ1) is 14.8. The van der Waals surface area contributed by atoms with Gasteiger partial charge in [-0.25, -0.2) is 8.42 Å². The van der Waals surface area contributed by atoms with Gasteiger partial charge in [0.05, 0.1) is 24.5 Å². The average molecular weight is 442 g/mol. The highest BCUT2D eigenvalue weighted by molar-refractivity contribution is 7.90. The standard InChI is InChI=1S/C23H23NO6S/c1-16-8-10-17(11-9-16)20(14-22(25)29-2)24-23(26)21-13-12-18(30-21)15-31(27,28)19-6-4-3-5-7-19/h3-13,20H,14-15H2,1-2H3,(H,24,26)/t20-/m1/s1. The van der Waals surface area contributed by atoms with E-state index in [1.165, 1.54) is 31.4 Å². The van der Waals surface area contributed by atoms with Gasteiger partial charge in [0, 0.05) is 0 Å². The Kier molecular flexibility index (Phi) is 6.91. The van der Waals surface area contributed by atoms with Gasteiger partial charge < -0.3 is 14.5 Å². The van der Waals surface area contributed by atoms with Gasteiger partial charge in [-0.2, -0.15) is 0 Å². The first kappa shape index (κ1) is 22.3. The Morgan fingerprint density at radius 2 is 1.68 bits per heavy atom. The minimum Gasteiger partial charge on any atom is -0.469 e. The number of rotatable bonds is 8. The predicted molar refractivity (Wildman–Crippen MR) is 114 cm³/mol. The molecule has 0 aliphatic rings. The van der Waals surface area contributed by atoms with Gasteiger partial charge in [-0.05, 0) is 36.8 Å². The SMILES string of the molecule is COC(=O)C[C@@H](NC(=O)c1ccc(CS(=O)(=O)c2ccccc2)o1)c1ccc(C)cc1. The largest absolute Gasteiger partial charge is 0.469 e. The molecule has 0 spiro atoms. The zero-order chi connectivity index (χ0) is 22.4. The molecule has 0 unspecified atom stereocenters. The number of sulfone groups is 1. The molecular formula is C23H23NO6S. The van der Waals surface area contributed by atoms with Crippen LogP contribution in [-0.2, 0) is 25.1 Å². The zero-order valence-electron chi connectivity index (χ0n) is 17.2. The summed E-state index contributed by atoms with van der Waals surface area (Å²) in [5.41, 5.74) is 1.78. The van der Waals surface area contributed by atoms with E-state index in [9.17, 15) is 18.0 Å². The molecule has 0 saturated heterocycles. The first-order valence-corrected chi connectivity index (χ1v) is 11.2. The van der Waals surface area contributed by atoms with E-state index in [1.807, 2.05) is 31.2 Å². The molecule has 0 aliphatic carbocycles. The van der Waals surface area contributed by atoms with Crippen LogP contribution < -0.4 is 5.32 Å². The van der Waals surface area contributed by atoms with Gasteiger partial charge in [-0.3, -0.25) is 9.59 Å².